The molecule has 1 heterocycles. The van der Waals surface area contributed by atoms with Gasteiger partial charge < -0.3 is 10.4 Å². The van der Waals surface area contributed by atoms with Gasteiger partial charge in [-0.3, -0.25) is 4.79 Å². The minimum atomic E-state index is -1.00. The second-order valence-corrected chi connectivity index (χ2v) is 4.75. The SMILES string of the molecule is Cc1cscc1C(=O)N[C@H](C(=O)O)C(C)C. The molecule has 1 aromatic rings. The van der Waals surface area contributed by atoms with Gasteiger partial charge in [-0.25, -0.2) is 4.79 Å². The standard InChI is InChI=1S/C11H15NO3S/c1-6(2)9(11(14)15)12-10(13)8-5-16-4-7(8)3/h4-6,9H,1-3H3,(H,12,13)(H,14,15)/t9-/m0/s1. The first-order valence-electron chi connectivity index (χ1n) is 5.00. The molecule has 1 rings (SSSR count). The van der Waals surface area contributed by atoms with Gasteiger partial charge in [-0.1, -0.05) is 13.8 Å². The first-order chi connectivity index (χ1) is 7.43. The molecule has 0 unspecified atom stereocenters. The van der Waals surface area contributed by atoms with Crippen molar-refractivity contribution >= 4 is 23.2 Å². The highest BCUT2D eigenvalue weighted by molar-refractivity contribution is 7.08. The van der Waals surface area contributed by atoms with Gasteiger partial charge in [0.1, 0.15) is 6.04 Å². The molecule has 0 saturated carbocycles. The molecule has 2 N–H and O–H groups in total. The molecule has 0 fully saturated rings. The topological polar surface area (TPSA) is 66.4 Å². The van der Waals surface area contributed by atoms with Crippen LogP contribution in [0, 0.1) is 12.8 Å². The number of amides is 1. The number of carbonyl (C=O) groups excluding carboxylic acids is 1. The summed E-state index contributed by atoms with van der Waals surface area (Å²) in [7, 11) is 0. The Labute approximate surface area is 98.3 Å². The predicted octanol–water partition coefficient (Wildman–Crippen LogP) is 1.90. The van der Waals surface area contributed by atoms with Crippen molar-refractivity contribution in [1.29, 1.82) is 0 Å². The zero-order valence-electron chi connectivity index (χ0n) is 9.48. The minimum absolute atomic E-state index is 0.139. The number of hydrogen-bond donors (Lipinski definition) is 2. The Bertz CT molecular complexity index is 398. The van der Waals surface area contributed by atoms with E-state index in [4.69, 9.17) is 5.11 Å². The number of carboxylic acid groups (broad SMARTS) is 1. The van der Waals surface area contributed by atoms with Gasteiger partial charge in [-0.05, 0) is 23.8 Å². The summed E-state index contributed by atoms with van der Waals surface area (Å²) in [5.74, 6) is -1.46. The molecule has 0 aliphatic carbocycles. The largest absolute Gasteiger partial charge is 0.480 e. The third kappa shape index (κ3) is 2.82. The van der Waals surface area contributed by atoms with Crippen molar-refractivity contribution in [2.24, 2.45) is 5.92 Å². The van der Waals surface area contributed by atoms with E-state index in [-0.39, 0.29) is 11.8 Å². The van der Waals surface area contributed by atoms with E-state index < -0.39 is 12.0 Å². The summed E-state index contributed by atoms with van der Waals surface area (Å²) in [4.78, 5) is 22.7. The predicted molar refractivity (Wildman–Crippen MR) is 62.8 cm³/mol. The Morgan fingerprint density at radius 1 is 1.38 bits per heavy atom. The number of aliphatic carboxylic acids is 1. The van der Waals surface area contributed by atoms with E-state index >= 15 is 0 Å². The third-order valence-electron chi connectivity index (χ3n) is 2.32. The Balaban J connectivity index is 2.77. The molecule has 0 aliphatic rings. The average Bonchev–Trinajstić information content (AvgIpc) is 2.59. The van der Waals surface area contributed by atoms with Crippen molar-refractivity contribution in [3.05, 3.63) is 21.9 Å². The first-order valence-corrected chi connectivity index (χ1v) is 5.94. The highest BCUT2D eigenvalue weighted by Gasteiger charge is 2.24. The van der Waals surface area contributed by atoms with Gasteiger partial charge in [0.25, 0.3) is 5.91 Å². The lowest BCUT2D eigenvalue weighted by Crippen LogP contribution is -2.44. The van der Waals surface area contributed by atoms with E-state index in [0.29, 0.717) is 5.56 Å². The van der Waals surface area contributed by atoms with Crippen LogP contribution in [0.4, 0.5) is 0 Å². The lowest BCUT2D eigenvalue weighted by atomic mass is 10.0. The highest BCUT2D eigenvalue weighted by Crippen LogP contribution is 2.14. The summed E-state index contributed by atoms with van der Waals surface area (Å²) >= 11 is 1.43. The van der Waals surface area contributed by atoms with Gasteiger partial charge in [0, 0.05) is 5.38 Å². The number of thiophene rings is 1. The van der Waals surface area contributed by atoms with E-state index in [2.05, 4.69) is 5.32 Å². The number of rotatable bonds is 4. The molecule has 0 saturated heterocycles. The maximum atomic E-state index is 11.8. The Morgan fingerprint density at radius 3 is 2.38 bits per heavy atom. The summed E-state index contributed by atoms with van der Waals surface area (Å²) in [5.41, 5.74) is 1.42. The second-order valence-electron chi connectivity index (χ2n) is 4.00. The van der Waals surface area contributed by atoms with E-state index in [9.17, 15) is 9.59 Å². The van der Waals surface area contributed by atoms with Gasteiger partial charge in [-0.15, -0.1) is 0 Å². The average molecular weight is 241 g/mol. The zero-order chi connectivity index (χ0) is 12.3. The quantitative estimate of drug-likeness (QED) is 0.846. The first kappa shape index (κ1) is 12.7. The number of carboxylic acids is 1. The van der Waals surface area contributed by atoms with Gasteiger partial charge in [0.2, 0.25) is 0 Å². The van der Waals surface area contributed by atoms with Gasteiger partial charge >= 0.3 is 5.97 Å². The number of carbonyl (C=O) groups is 2. The Hall–Kier alpha value is -1.36. The van der Waals surface area contributed by atoms with Crippen molar-refractivity contribution in [3.63, 3.8) is 0 Å². The van der Waals surface area contributed by atoms with E-state index in [0.717, 1.165) is 5.56 Å². The minimum Gasteiger partial charge on any atom is -0.480 e. The van der Waals surface area contributed by atoms with Crippen LogP contribution in [0.1, 0.15) is 29.8 Å². The molecule has 0 aliphatic heterocycles. The smallest absolute Gasteiger partial charge is 0.326 e. The third-order valence-corrected chi connectivity index (χ3v) is 3.18. The molecule has 1 aromatic heterocycles. The van der Waals surface area contributed by atoms with Crippen molar-refractivity contribution in [3.8, 4) is 0 Å². The van der Waals surface area contributed by atoms with Crippen LogP contribution < -0.4 is 5.32 Å². The summed E-state index contributed by atoms with van der Waals surface area (Å²) in [6.07, 6.45) is 0. The fourth-order valence-corrected chi connectivity index (χ4v) is 2.15. The van der Waals surface area contributed by atoms with E-state index in [1.54, 1.807) is 19.2 Å². The zero-order valence-corrected chi connectivity index (χ0v) is 10.3. The summed E-state index contributed by atoms with van der Waals surface area (Å²) < 4.78 is 0. The lowest BCUT2D eigenvalue weighted by Gasteiger charge is -2.17. The number of nitrogens with one attached hydrogen (secondary N) is 1. The van der Waals surface area contributed by atoms with Crippen molar-refractivity contribution in [1.82, 2.24) is 5.32 Å². The number of hydrogen-bond acceptors (Lipinski definition) is 3. The molecule has 4 nitrogen and oxygen atoms in total. The van der Waals surface area contributed by atoms with Crippen LogP contribution in [0.3, 0.4) is 0 Å². The van der Waals surface area contributed by atoms with Gasteiger partial charge in [-0.2, -0.15) is 11.3 Å². The molecular formula is C11H15NO3S. The van der Waals surface area contributed by atoms with Crippen LogP contribution >= 0.6 is 11.3 Å². The van der Waals surface area contributed by atoms with Crippen LogP contribution in [0.5, 0.6) is 0 Å². The molecule has 16 heavy (non-hydrogen) atoms. The maximum Gasteiger partial charge on any atom is 0.326 e. The molecule has 0 radical (unpaired) electrons. The van der Waals surface area contributed by atoms with E-state index in [1.807, 2.05) is 12.3 Å². The molecule has 88 valence electrons. The van der Waals surface area contributed by atoms with Crippen LogP contribution in [0.2, 0.25) is 0 Å². The molecule has 1 amide bonds. The van der Waals surface area contributed by atoms with Gasteiger partial charge in [0.15, 0.2) is 0 Å². The Morgan fingerprint density at radius 2 is 2.00 bits per heavy atom. The summed E-state index contributed by atoms with van der Waals surface area (Å²) in [6.45, 7) is 5.36. The van der Waals surface area contributed by atoms with Crippen molar-refractivity contribution < 1.29 is 14.7 Å². The van der Waals surface area contributed by atoms with Crippen molar-refractivity contribution in [2.45, 2.75) is 26.8 Å². The highest BCUT2D eigenvalue weighted by atomic mass is 32.1. The Kier molecular flexibility index (Phi) is 4.06. The lowest BCUT2D eigenvalue weighted by molar-refractivity contribution is -0.140. The fraction of sp³-hybridized carbons (Fsp3) is 0.455. The molecule has 1 atom stereocenters. The normalized spacial score (nSPS) is 12.5. The van der Waals surface area contributed by atoms with Crippen LogP contribution in [-0.4, -0.2) is 23.0 Å². The maximum absolute atomic E-state index is 11.8. The van der Waals surface area contributed by atoms with E-state index in [1.165, 1.54) is 11.3 Å². The molecule has 5 heteroatoms. The summed E-state index contributed by atoms with van der Waals surface area (Å²) in [5, 5.41) is 15.1. The van der Waals surface area contributed by atoms with Crippen LogP contribution in [-0.2, 0) is 4.79 Å². The van der Waals surface area contributed by atoms with Gasteiger partial charge in [0.05, 0.1) is 5.56 Å². The monoisotopic (exact) mass is 241 g/mol. The summed E-state index contributed by atoms with van der Waals surface area (Å²) in [6, 6.07) is -0.841. The fourth-order valence-electron chi connectivity index (χ4n) is 1.33. The molecular weight excluding hydrogens is 226 g/mol. The van der Waals surface area contributed by atoms with Crippen LogP contribution in [0.25, 0.3) is 0 Å². The molecule has 0 aromatic carbocycles. The van der Waals surface area contributed by atoms with Crippen molar-refractivity contribution in [2.75, 3.05) is 0 Å². The number of aryl methyl sites for hydroxylation is 1. The molecule has 0 bridgehead atoms. The second kappa shape index (κ2) is 5.12. The molecule has 0 spiro atoms. The van der Waals surface area contributed by atoms with Crippen LogP contribution in [0.15, 0.2) is 10.8 Å².